The van der Waals surface area contributed by atoms with Gasteiger partial charge in [0.1, 0.15) is 17.7 Å². The summed E-state index contributed by atoms with van der Waals surface area (Å²) in [5.74, 6) is -2.38. The van der Waals surface area contributed by atoms with Crippen LogP contribution in [0.4, 0.5) is 13.9 Å². The van der Waals surface area contributed by atoms with Gasteiger partial charge in [0.25, 0.3) is 0 Å². The largest absolute Gasteiger partial charge is 0.380 e. The maximum atomic E-state index is 13.3. The predicted molar refractivity (Wildman–Crippen MR) is 121 cm³/mol. The highest BCUT2D eigenvalue weighted by molar-refractivity contribution is 7.15. The van der Waals surface area contributed by atoms with Crippen molar-refractivity contribution in [2.24, 2.45) is 0 Å². The van der Waals surface area contributed by atoms with Crippen LogP contribution in [0.25, 0.3) is 0 Å². The third kappa shape index (κ3) is 8.60. The van der Waals surface area contributed by atoms with Crippen molar-refractivity contribution in [3.8, 4) is 0 Å². The van der Waals surface area contributed by atoms with E-state index in [0.29, 0.717) is 37.7 Å². The number of ether oxygens (including phenoxy) is 1. The van der Waals surface area contributed by atoms with Crippen LogP contribution in [0, 0.1) is 11.6 Å². The van der Waals surface area contributed by atoms with Gasteiger partial charge in [-0.3, -0.25) is 9.59 Å². The van der Waals surface area contributed by atoms with Crippen molar-refractivity contribution in [3.05, 3.63) is 46.5 Å². The first kappa shape index (κ1) is 25.8. The molecule has 0 fully saturated rings. The normalized spacial score (nSPS) is 12.9. The van der Waals surface area contributed by atoms with Crippen LogP contribution in [0.3, 0.4) is 0 Å². The van der Waals surface area contributed by atoms with Crippen LogP contribution in [0.5, 0.6) is 0 Å². The lowest BCUT2D eigenvalue weighted by Gasteiger charge is -2.17. The Bertz CT molecular complexity index is 874. The highest BCUT2D eigenvalue weighted by atomic mass is 32.1. The fraction of sp³-hybridized carbons (Fsp3) is 0.500. The number of rotatable bonds is 13. The SMILES string of the molecule is CCC[C@H](NC(=O)Cc1cc(F)cc(F)c1)C(=O)Nc1ncc(C(C)NCCOCC)s1. The third-order valence-electron chi connectivity index (χ3n) is 4.60. The van der Waals surface area contributed by atoms with Gasteiger partial charge in [-0.2, -0.15) is 0 Å². The molecule has 0 aliphatic rings. The Morgan fingerprint density at radius 2 is 1.91 bits per heavy atom. The number of nitrogens with zero attached hydrogens (tertiary/aromatic N) is 1. The third-order valence-corrected chi connectivity index (χ3v) is 5.69. The summed E-state index contributed by atoms with van der Waals surface area (Å²) in [6, 6.07) is 2.21. The van der Waals surface area contributed by atoms with E-state index in [4.69, 9.17) is 4.74 Å². The number of hydrogen-bond donors (Lipinski definition) is 3. The van der Waals surface area contributed by atoms with Crippen LogP contribution in [0.1, 0.15) is 50.1 Å². The summed E-state index contributed by atoms with van der Waals surface area (Å²) in [5, 5.41) is 9.16. The predicted octanol–water partition coefficient (Wildman–Crippen LogP) is 3.57. The molecule has 0 spiro atoms. The molecule has 32 heavy (non-hydrogen) atoms. The van der Waals surface area contributed by atoms with Gasteiger partial charge >= 0.3 is 0 Å². The number of carbonyl (C=O) groups is 2. The van der Waals surface area contributed by atoms with Crippen LogP contribution in [0.15, 0.2) is 24.4 Å². The summed E-state index contributed by atoms with van der Waals surface area (Å²) in [6.07, 6.45) is 2.55. The summed E-state index contributed by atoms with van der Waals surface area (Å²) in [6.45, 7) is 7.82. The Labute approximate surface area is 191 Å². The second-order valence-corrected chi connectivity index (χ2v) is 8.36. The molecule has 1 unspecified atom stereocenters. The standard InChI is InChI=1S/C22H30F2N4O3S/c1-4-6-18(27-20(29)11-15-9-16(23)12-17(24)10-15)21(30)28-22-26-13-19(32-22)14(3)25-7-8-31-5-2/h9-10,12-14,18,25H,4-8,11H2,1-3H3,(H,27,29)(H,26,28,30)/t14?,18-/m0/s1. The molecule has 2 atom stereocenters. The average Bonchev–Trinajstić information content (AvgIpc) is 3.18. The molecular formula is C22H30F2N4O3S. The Balaban J connectivity index is 1.92. The lowest BCUT2D eigenvalue weighted by Crippen LogP contribution is -2.44. The highest BCUT2D eigenvalue weighted by Crippen LogP contribution is 2.24. The summed E-state index contributed by atoms with van der Waals surface area (Å²) in [4.78, 5) is 30.3. The highest BCUT2D eigenvalue weighted by Gasteiger charge is 2.22. The Morgan fingerprint density at radius 3 is 2.56 bits per heavy atom. The zero-order chi connectivity index (χ0) is 23.5. The fourth-order valence-electron chi connectivity index (χ4n) is 3.03. The van der Waals surface area contributed by atoms with Gasteiger partial charge in [-0.1, -0.05) is 13.3 Å². The van der Waals surface area contributed by atoms with E-state index >= 15 is 0 Å². The Morgan fingerprint density at radius 1 is 1.19 bits per heavy atom. The van der Waals surface area contributed by atoms with Crippen molar-refractivity contribution in [1.82, 2.24) is 15.6 Å². The van der Waals surface area contributed by atoms with Crippen LogP contribution >= 0.6 is 11.3 Å². The van der Waals surface area contributed by atoms with E-state index in [-0.39, 0.29) is 23.9 Å². The lowest BCUT2D eigenvalue weighted by atomic mass is 10.1. The first-order valence-corrected chi connectivity index (χ1v) is 11.5. The first-order chi connectivity index (χ1) is 15.3. The van der Waals surface area contributed by atoms with E-state index in [1.807, 2.05) is 20.8 Å². The number of carbonyl (C=O) groups excluding carboxylic acids is 2. The molecule has 0 bridgehead atoms. The van der Waals surface area contributed by atoms with Crippen LogP contribution in [0.2, 0.25) is 0 Å². The summed E-state index contributed by atoms with van der Waals surface area (Å²) in [7, 11) is 0. The van der Waals surface area contributed by atoms with Crippen molar-refractivity contribution in [2.45, 2.75) is 52.1 Å². The molecule has 3 N–H and O–H groups in total. The van der Waals surface area contributed by atoms with Crippen LogP contribution < -0.4 is 16.0 Å². The molecular weight excluding hydrogens is 438 g/mol. The first-order valence-electron chi connectivity index (χ1n) is 10.6. The molecule has 7 nitrogen and oxygen atoms in total. The zero-order valence-electron chi connectivity index (χ0n) is 18.5. The summed E-state index contributed by atoms with van der Waals surface area (Å²) >= 11 is 1.35. The second-order valence-electron chi connectivity index (χ2n) is 7.29. The quantitative estimate of drug-likeness (QED) is 0.391. The number of hydrogen-bond acceptors (Lipinski definition) is 6. The number of benzene rings is 1. The number of anilines is 1. The van der Waals surface area contributed by atoms with Gasteiger partial charge in [-0.05, 0) is 38.0 Å². The second kappa shape index (κ2) is 13.2. The van der Waals surface area contributed by atoms with Gasteiger partial charge in [-0.25, -0.2) is 13.8 Å². The number of thiazole rings is 1. The van der Waals surface area contributed by atoms with Crippen molar-refractivity contribution >= 4 is 28.3 Å². The topological polar surface area (TPSA) is 92.4 Å². The van der Waals surface area contributed by atoms with E-state index in [1.54, 1.807) is 6.20 Å². The van der Waals surface area contributed by atoms with Crippen molar-refractivity contribution in [2.75, 3.05) is 25.1 Å². The molecule has 1 aromatic heterocycles. The number of amides is 2. The van der Waals surface area contributed by atoms with Crippen LogP contribution in [-0.4, -0.2) is 42.6 Å². The smallest absolute Gasteiger partial charge is 0.248 e. The van der Waals surface area contributed by atoms with Gasteiger partial charge in [-0.15, -0.1) is 11.3 Å². The fourth-order valence-corrected chi connectivity index (χ4v) is 3.88. The molecule has 0 saturated heterocycles. The molecule has 176 valence electrons. The molecule has 2 amide bonds. The number of aromatic nitrogens is 1. The van der Waals surface area contributed by atoms with Gasteiger partial charge < -0.3 is 20.7 Å². The minimum absolute atomic E-state index is 0.0522. The molecule has 1 heterocycles. The molecule has 0 aliphatic heterocycles. The molecule has 10 heteroatoms. The Kier molecular flexibility index (Phi) is 10.6. The minimum Gasteiger partial charge on any atom is -0.380 e. The van der Waals surface area contributed by atoms with Gasteiger partial charge in [0, 0.05) is 36.3 Å². The van der Waals surface area contributed by atoms with E-state index < -0.39 is 23.6 Å². The maximum absolute atomic E-state index is 13.3. The zero-order valence-corrected chi connectivity index (χ0v) is 19.4. The van der Waals surface area contributed by atoms with E-state index in [1.165, 1.54) is 11.3 Å². The molecule has 2 aromatic rings. The lowest BCUT2D eigenvalue weighted by molar-refractivity contribution is -0.126. The molecule has 0 saturated carbocycles. The minimum atomic E-state index is -0.778. The van der Waals surface area contributed by atoms with Crippen molar-refractivity contribution in [1.29, 1.82) is 0 Å². The Hall–Kier alpha value is -2.43. The van der Waals surface area contributed by atoms with E-state index in [2.05, 4.69) is 20.9 Å². The number of nitrogens with one attached hydrogen (secondary N) is 3. The van der Waals surface area contributed by atoms with Crippen molar-refractivity contribution < 1.29 is 23.1 Å². The summed E-state index contributed by atoms with van der Waals surface area (Å²) < 4.78 is 32.0. The van der Waals surface area contributed by atoms with E-state index in [0.717, 1.165) is 23.1 Å². The van der Waals surface area contributed by atoms with Gasteiger partial charge in [0.15, 0.2) is 5.13 Å². The molecule has 0 radical (unpaired) electrons. The molecule has 0 aliphatic carbocycles. The summed E-state index contributed by atoms with van der Waals surface area (Å²) in [5.41, 5.74) is 0.200. The monoisotopic (exact) mass is 468 g/mol. The van der Waals surface area contributed by atoms with Crippen molar-refractivity contribution in [3.63, 3.8) is 0 Å². The van der Waals surface area contributed by atoms with Crippen LogP contribution in [-0.2, 0) is 20.7 Å². The van der Waals surface area contributed by atoms with Gasteiger partial charge in [0.05, 0.1) is 13.0 Å². The number of halogens is 2. The maximum Gasteiger partial charge on any atom is 0.248 e. The molecule has 2 rings (SSSR count). The molecule has 1 aromatic carbocycles. The average molecular weight is 469 g/mol. The van der Waals surface area contributed by atoms with Gasteiger partial charge in [0.2, 0.25) is 11.8 Å². The van der Waals surface area contributed by atoms with E-state index in [9.17, 15) is 18.4 Å².